The number of para-hydroxylation sites is 3. The van der Waals surface area contributed by atoms with Crippen molar-refractivity contribution in [2.45, 2.75) is 6.92 Å². The third kappa shape index (κ3) is 6.55. The van der Waals surface area contributed by atoms with Gasteiger partial charge in [-0.05, 0) is 124 Å². The average Bonchev–Trinajstić information content (AvgIpc) is 3.23. The molecule has 0 spiro atoms. The molecule has 0 aliphatic carbocycles. The normalized spacial score (nSPS) is 11.6. The van der Waals surface area contributed by atoms with Crippen molar-refractivity contribution in [1.29, 1.82) is 0 Å². The minimum atomic E-state index is 0.991. The minimum Gasteiger partial charge on any atom is -0.311 e. The van der Waals surface area contributed by atoms with Crippen LogP contribution in [0.3, 0.4) is 0 Å². The molecule has 8 rings (SSSR count). The molecule has 0 fully saturated rings. The predicted octanol–water partition coefficient (Wildman–Crippen LogP) is 14.6. The van der Waals surface area contributed by atoms with Crippen LogP contribution in [0.1, 0.15) is 6.92 Å². The summed E-state index contributed by atoms with van der Waals surface area (Å²) in [6.45, 7) is 6.26. The van der Waals surface area contributed by atoms with Gasteiger partial charge in [-0.25, -0.2) is 0 Å². The van der Waals surface area contributed by atoms with Gasteiger partial charge >= 0.3 is 0 Å². The van der Waals surface area contributed by atoms with E-state index in [2.05, 4.69) is 217 Å². The van der Waals surface area contributed by atoms with Gasteiger partial charge in [0.1, 0.15) is 0 Å². The lowest BCUT2D eigenvalue weighted by Crippen LogP contribution is -2.15. The van der Waals surface area contributed by atoms with Crippen LogP contribution in [0.25, 0.3) is 43.8 Å². The first-order valence-electron chi connectivity index (χ1n) is 18.1. The van der Waals surface area contributed by atoms with Crippen molar-refractivity contribution in [1.82, 2.24) is 0 Å². The summed E-state index contributed by atoms with van der Waals surface area (Å²) in [5.74, 6) is 0. The molecule has 0 unspecified atom stereocenters. The van der Waals surface area contributed by atoms with Gasteiger partial charge < -0.3 is 9.80 Å². The largest absolute Gasteiger partial charge is 0.311 e. The Kier molecular flexibility index (Phi) is 9.50. The fourth-order valence-electron chi connectivity index (χ4n) is 7.37. The highest BCUT2D eigenvalue weighted by molar-refractivity contribution is 6.22. The molecule has 0 saturated heterocycles. The lowest BCUT2D eigenvalue weighted by Gasteiger charge is -2.28. The Bertz CT molecular complexity index is 2520. The second kappa shape index (κ2) is 15.1. The summed E-state index contributed by atoms with van der Waals surface area (Å²) in [4.78, 5) is 4.63. The summed E-state index contributed by atoms with van der Waals surface area (Å²) in [7, 11) is 0. The summed E-state index contributed by atoms with van der Waals surface area (Å²) >= 11 is 0. The van der Waals surface area contributed by atoms with Crippen LogP contribution in [-0.4, -0.2) is 0 Å². The standard InChI is InChI=1S/C51H40N2/c1-3-5-25-40(4-2)52(41-26-15-8-16-27-41)44-32-34-46-48(36-44)50(38-21-11-6-12-22-38)47-35-33-45(37-49(47)51(46)39-23-13-7-14-24-39)53(42-28-17-9-18-29-42)43-30-19-10-20-31-43/h3-37H,2H2,1H3/b5-3-,40-25+. The van der Waals surface area contributed by atoms with Crippen molar-refractivity contribution in [3.8, 4) is 22.3 Å². The van der Waals surface area contributed by atoms with E-state index in [-0.39, 0.29) is 0 Å². The Hall–Kier alpha value is -6.90. The van der Waals surface area contributed by atoms with E-state index >= 15 is 0 Å². The lowest BCUT2D eigenvalue weighted by molar-refractivity contribution is 1.21. The van der Waals surface area contributed by atoms with Crippen LogP contribution >= 0.6 is 0 Å². The van der Waals surface area contributed by atoms with Gasteiger partial charge in [0, 0.05) is 34.1 Å². The van der Waals surface area contributed by atoms with Crippen LogP contribution in [0, 0.1) is 0 Å². The lowest BCUT2D eigenvalue weighted by atomic mass is 9.85. The van der Waals surface area contributed by atoms with Crippen LogP contribution in [0.5, 0.6) is 0 Å². The van der Waals surface area contributed by atoms with E-state index in [9.17, 15) is 0 Å². The van der Waals surface area contributed by atoms with Crippen molar-refractivity contribution < 1.29 is 0 Å². The molecule has 53 heavy (non-hydrogen) atoms. The highest BCUT2D eigenvalue weighted by atomic mass is 15.1. The average molecular weight is 681 g/mol. The molecule has 0 amide bonds. The van der Waals surface area contributed by atoms with Crippen LogP contribution in [-0.2, 0) is 0 Å². The third-order valence-electron chi connectivity index (χ3n) is 9.69. The molecule has 2 heteroatoms. The van der Waals surface area contributed by atoms with E-state index < -0.39 is 0 Å². The molecule has 2 nitrogen and oxygen atoms in total. The second-order valence-corrected chi connectivity index (χ2v) is 12.9. The molecule has 8 aromatic carbocycles. The molecule has 8 aromatic rings. The first-order valence-corrected chi connectivity index (χ1v) is 18.1. The van der Waals surface area contributed by atoms with Gasteiger partial charge in [0.2, 0.25) is 0 Å². The Morgan fingerprint density at radius 3 is 1.30 bits per heavy atom. The summed E-state index contributed by atoms with van der Waals surface area (Å²) in [5.41, 5.74) is 11.2. The summed E-state index contributed by atoms with van der Waals surface area (Å²) in [6.07, 6.45) is 8.16. The van der Waals surface area contributed by atoms with E-state index in [0.29, 0.717) is 0 Å². The fraction of sp³-hybridized carbons (Fsp3) is 0.0196. The van der Waals surface area contributed by atoms with Crippen LogP contribution < -0.4 is 9.80 Å². The van der Waals surface area contributed by atoms with Gasteiger partial charge in [-0.1, -0.05) is 146 Å². The molecule has 0 radical (unpaired) electrons. The second-order valence-electron chi connectivity index (χ2n) is 12.9. The van der Waals surface area contributed by atoms with Crippen LogP contribution in [0.15, 0.2) is 225 Å². The van der Waals surface area contributed by atoms with Gasteiger partial charge in [-0.15, -0.1) is 0 Å². The van der Waals surface area contributed by atoms with Gasteiger partial charge in [-0.2, -0.15) is 0 Å². The van der Waals surface area contributed by atoms with Crippen LogP contribution in [0.2, 0.25) is 0 Å². The third-order valence-corrected chi connectivity index (χ3v) is 9.69. The number of allylic oxidation sites excluding steroid dienone is 4. The maximum Gasteiger partial charge on any atom is 0.0468 e. The Morgan fingerprint density at radius 2 is 0.849 bits per heavy atom. The SMILES string of the molecule is C=C/C(=C\C=C/C)N(c1ccccc1)c1ccc2c(-c3ccccc3)c3cc(N(c4ccccc4)c4ccccc4)ccc3c(-c3ccccc3)c2c1. The van der Waals surface area contributed by atoms with E-state index in [1.807, 2.05) is 19.1 Å². The summed E-state index contributed by atoms with van der Waals surface area (Å²) in [6, 6.07) is 67.3. The van der Waals surface area contributed by atoms with Crippen LogP contribution in [0.4, 0.5) is 28.4 Å². The number of rotatable bonds is 10. The number of nitrogens with zero attached hydrogens (tertiary/aromatic N) is 2. The molecule has 0 N–H and O–H groups in total. The fourth-order valence-corrected chi connectivity index (χ4v) is 7.37. The molecule has 0 atom stereocenters. The molecule has 0 saturated carbocycles. The Labute approximate surface area is 312 Å². The van der Waals surface area contributed by atoms with E-state index in [1.165, 1.54) is 43.8 Å². The molecule has 254 valence electrons. The van der Waals surface area contributed by atoms with Crippen molar-refractivity contribution in [2.75, 3.05) is 9.80 Å². The van der Waals surface area contributed by atoms with Gasteiger partial charge in [-0.3, -0.25) is 0 Å². The molecule has 0 aromatic heterocycles. The highest BCUT2D eigenvalue weighted by Crippen LogP contribution is 2.47. The smallest absolute Gasteiger partial charge is 0.0468 e. The van der Waals surface area contributed by atoms with E-state index in [4.69, 9.17) is 0 Å². The number of hydrogen-bond donors (Lipinski definition) is 0. The summed E-state index contributed by atoms with van der Waals surface area (Å²) in [5, 5.41) is 4.78. The van der Waals surface area contributed by atoms with E-state index in [1.54, 1.807) is 0 Å². The van der Waals surface area contributed by atoms with Gasteiger partial charge in [0.05, 0.1) is 0 Å². The van der Waals surface area contributed by atoms with Crippen molar-refractivity contribution in [3.63, 3.8) is 0 Å². The maximum absolute atomic E-state index is 4.23. The minimum absolute atomic E-state index is 0.991. The molecule has 0 aliphatic rings. The molecule has 0 heterocycles. The van der Waals surface area contributed by atoms with Crippen molar-refractivity contribution in [2.24, 2.45) is 0 Å². The predicted molar refractivity (Wildman–Crippen MR) is 229 cm³/mol. The monoisotopic (exact) mass is 680 g/mol. The van der Waals surface area contributed by atoms with Crippen molar-refractivity contribution in [3.05, 3.63) is 225 Å². The number of hydrogen-bond acceptors (Lipinski definition) is 2. The number of anilines is 5. The molecule has 0 aliphatic heterocycles. The first kappa shape index (κ1) is 33.3. The molecular formula is C51H40N2. The maximum atomic E-state index is 4.23. The topological polar surface area (TPSA) is 6.48 Å². The number of benzene rings is 8. The molecule has 0 bridgehead atoms. The molecular weight excluding hydrogens is 641 g/mol. The quantitative estimate of drug-likeness (QED) is 0.105. The summed E-state index contributed by atoms with van der Waals surface area (Å²) < 4.78 is 0. The van der Waals surface area contributed by atoms with Gasteiger partial charge in [0.15, 0.2) is 0 Å². The Morgan fingerprint density at radius 1 is 0.434 bits per heavy atom. The zero-order valence-electron chi connectivity index (χ0n) is 29.8. The Balaban J connectivity index is 1.47. The zero-order valence-corrected chi connectivity index (χ0v) is 29.8. The van der Waals surface area contributed by atoms with E-state index in [0.717, 1.165) is 34.1 Å². The number of fused-ring (bicyclic) bond motifs is 2. The first-order chi connectivity index (χ1) is 26.2. The van der Waals surface area contributed by atoms with Gasteiger partial charge in [0.25, 0.3) is 0 Å². The zero-order chi connectivity index (χ0) is 36.0. The highest BCUT2D eigenvalue weighted by Gasteiger charge is 2.22. The van der Waals surface area contributed by atoms with Crippen molar-refractivity contribution >= 4 is 50.0 Å².